The van der Waals surface area contributed by atoms with E-state index in [1.807, 2.05) is 23.1 Å². The van der Waals surface area contributed by atoms with E-state index >= 15 is 0 Å². The van der Waals surface area contributed by atoms with Crippen molar-refractivity contribution in [3.8, 4) is 5.75 Å². The van der Waals surface area contributed by atoms with E-state index in [2.05, 4.69) is 23.2 Å². The molecule has 2 aliphatic rings. The van der Waals surface area contributed by atoms with Crippen LogP contribution in [0.4, 0.5) is 5.69 Å². The zero-order valence-electron chi connectivity index (χ0n) is 15.5. The fourth-order valence-corrected chi connectivity index (χ4v) is 4.02. The minimum Gasteiger partial charge on any atom is -0.495 e. The molecule has 0 aromatic heterocycles. The highest BCUT2D eigenvalue weighted by molar-refractivity contribution is 5.77. The molecule has 138 valence electrons. The van der Waals surface area contributed by atoms with Gasteiger partial charge in [0.2, 0.25) is 5.91 Å². The molecule has 25 heavy (non-hydrogen) atoms. The maximum Gasteiger partial charge on any atom is 0.222 e. The summed E-state index contributed by atoms with van der Waals surface area (Å²) < 4.78 is 5.46. The van der Waals surface area contributed by atoms with Gasteiger partial charge in [-0.3, -0.25) is 4.79 Å². The summed E-state index contributed by atoms with van der Waals surface area (Å²) in [6.45, 7) is 7.76. The molecule has 2 fully saturated rings. The van der Waals surface area contributed by atoms with Crippen LogP contribution in [0.2, 0.25) is 0 Å². The molecule has 5 nitrogen and oxygen atoms in total. The van der Waals surface area contributed by atoms with Gasteiger partial charge in [0, 0.05) is 32.6 Å². The fourth-order valence-electron chi connectivity index (χ4n) is 4.02. The van der Waals surface area contributed by atoms with Gasteiger partial charge in [0.15, 0.2) is 0 Å². The molecule has 2 atom stereocenters. The second-order valence-electron chi connectivity index (χ2n) is 7.33. The number of piperidine rings is 1. The molecular weight excluding hydrogens is 314 g/mol. The number of hydrogen-bond acceptors (Lipinski definition) is 4. The topological polar surface area (TPSA) is 44.8 Å². The van der Waals surface area contributed by atoms with Gasteiger partial charge in [0.05, 0.1) is 12.8 Å². The number of carbonyl (C=O) groups excluding carboxylic acids is 1. The Morgan fingerprint density at radius 2 is 2.04 bits per heavy atom. The lowest BCUT2D eigenvalue weighted by atomic mass is 9.85. The van der Waals surface area contributed by atoms with Gasteiger partial charge < -0.3 is 19.9 Å². The summed E-state index contributed by atoms with van der Waals surface area (Å²) in [7, 11) is 1.71. The van der Waals surface area contributed by atoms with Gasteiger partial charge in [-0.15, -0.1) is 0 Å². The molecule has 2 aliphatic heterocycles. The molecule has 2 heterocycles. The van der Waals surface area contributed by atoms with E-state index in [1.54, 1.807) is 7.11 Å². The summed E-state index contributed by atoms with van der Waals surface area (Å²) >= 11 is 0. The van der Waals surface area contributed by atoms with Crippen molar-refractivity contribution >= 4 is 11.6 Å². The van der Waals surface area contributed by atoms with Gasteiger partial charge >= 0.3 is 0 Å². The number of carbonyl (C=O) groups is 1. The quantitative estimate of drug-likeness (QED) is 0.890. The summed E-state index contributed by atoms with van der Waals surface area (Å²) in [5.41, 5.74) is 1.12. The number of hydrogen-bond donors (Lipinski definition) is 1. The van der Waals surface area contributed by atoms with Crippen LogP contribution in [0, 0.1) is 11.8 Å². The molecule has 0 aliphatic carbocycles. The van der Waals surface area contributed by atoms with Crippen LogP contribution in [0.25, 0.3) is 0 Å². The first kappa shape index (κ1) is 18.1. The highest BCUT2D eigenvalue weighted by Gasteiger charge is 2.27. The second-order valence-corrected chi connectivity index (χ2v) is 7.33. The Bertz CT molecular complexity index is 564. The molecular formula is C20H31N3O2. The van der Waals surface area contributed by atoms with E-state index in [1.165, 1.54) is 12.8 Å². The number of nitrogens with one attached hydrogen (secondary N) is 1. The summed E-state index contributed by atoms with van der Waals surface area (Å²) in [5.74, 6) is 2.33. The molecule has 0 bridgehead atoms. The van der Waals surface area contributed by atoms with E-state index in [9.17, 15) is 4.79 Å². The maximum atomic E-state index is 12.7. The smallest absolute Gasteiger partial charge is 0.222 e. The zero-order valence-corrected chi connectivity index (χ0v) is 15.5. The molecule has 1 aromatic rings. The molecule has 0 radical (unpaired) electrons. The molecule has 0 saturated carbocycles. The third-order valence-electron chi connectivity index (χ3n) is 5.69. The van der Waals surface area contributed by atoms with Gasteiger partial charge in [0.25, 0.3) is 0 Å². The standard InChI is InChI=1S/C20H31N3O2/c1-16(17-6-5-9-21-15-17)14-20(24)23-12-10-22(11-13-23)18-7-3-4-8-19(18)25-2/h3-4,7-8,16-17,21H,5-6,9-15H2,1-2H3. The predicted molar refractivity (Wildman–Crippen MR) is 101 cm³/mol. The third-order valence-corrected chi connectivity index (χ3v) is 5.69. The molecule has 5 heteroatoms. The number of para-hydroxylation sites is 2. The van der Waals surface area contributed by atoms with E-state index in [0.29, 0.717) is 24.2 Å². The lowest BCUT2D eigenvalue weighted by Gasteiger charge is -2.37. The number of rotatable bonds is 5. The van der Waals surface area contributed by atoms with Crippen LogP contribution >= 0.6 is 0 Å². The van der Waals surface area contributed by atoms with Crippen molar-refractivity contribution in [2.45, 2.75) is 26.2 Å². The van der Waals surface area contributed by atoms with Crippen molar-refractivity contribution in [3.63, 3.8) is 0 Å². The van der Waals surface area contributed by atoms with Crippen molar-refractivity contribution < 1.29 is 9.53 Å². The Kier molecular flexibility index (Phi) is 6.19. The van der Waals surface area contributed by atoms with Gasteiger partial charge in [-0.1, -0.05) is 19.1 Å². The molecule has 2 saturated heterocycles. The second kappa shape index (κ2) is 8.56. The van der Waals surface area contributed by atoms with Crippen LogP contribution in [-0.2, 0) is 4.79 Å². The molecule has 1 N–H and O–H groups in total. The number of nitrogens with zero attached hydrogens (tertiary/aromatic N) is 2. The van der Waals surface area contributed by atoms with Crippen molar-refractivity contribution in [3.05, 3.63) is 24.3 Å². The van der Waals surface area contributed by atoms with Gasteiger partial charge in [-0.2, -0.15) is 0 Å². The lowest BCUT2D eigenvalue weighted by Crippen LogP contribution is -2.49. The van der Waals surface area contributed by atoms with Gasteiger partial charge in [0.1, 0.15) is 5.75 Å². The third kappa shape index (κ3) is 4.46. The largest absolute Gasteiger partial charge is 0.495 e. The van der Waals surface area contributed by atoms with Crippen molar-refractivity contribution in [1.29, 1.82) is 0 Å². The minimum atomic E-state index is 0.317. The number of piperazine rings is 1. The molecule has 0 spiro atoms. The molecule has 2 unspecified atom stereocenters. The Hall–Kier alpha value is -1.75. The molecule has 1 amide bonds. The molecule has 3 rings (SSSR count). The number of benzene rings is 1. The molecule has 1 aromatic carbocycles. The van der Waals surface area contributed by atoms with Gasteiger partial charge in [-0.05, 0) is 49.9 Å². The van der Waals surface area contributed by atoms with Crippen LogP contribution < -0.4 is 15.0 Å². The van der Waals surface area contributed by atoms with E-state index < -0.39 is 0 Å². The van der Waals surface area contributed by atoms with Crippen LogP contribution in [-0.4, -0.2) is 57.2 Å². The maximum absolute atomic E-state index is 12.7. The van der Waals surface area contributed by atoms with E-state index in [4.69, 9.17) is 4.74 Å². The Morgan fingerprint density at radius 3 is 2.72 bits per heavy atom. The number of ether oxygens (including phenoxy) is 1. The normalized spacial score (nSPS) is 22.6. The minimum absolute atomic E-state index is 0.317. The first-order valence-electron chi connectivity index (χ1n) is 9.55. The summed E-state index contributed by atoms with van der Waals surface area (Å²) in [4.78, 5) is 17.0. The summed E-state index contributed by atoms with van der Waals surface area (Å²) in [6, 6.07) is 8.11. The number of anilines is 1. The first-order valence-corrected chi connectivity index (χ1v) is 9.55. The zero-order chi connectivity index (χ0) is 17.6. The van der Waals surface area contributed by atoms with Gasteiger partial charge in [-0.25, -0.2) is 0 Å². The average Bonchev–Trinajstić information content (AvgIpc) is 2.68. The van der Waals surface area contributed by atoms with Crippen LogP contribution in [0.5, 0.6) is 5.75 Å². The Morgan fingerprint density at radius 1 is 1.28 bits per heavy atom. The fraction of sp³-hybridized carbons (Fsp3) is 0.650. The van der Waals surface area contributed by atoms with E-state index in [0.717, 1.165) is 50.7 Å². The number of methoxy groups -OCH3 is 1. The first-order chi connectivity index (χ1) is 12.2. The van der Waals surface area contributed by atoms with Crippen molar-refractivity contribution in [1.82, 2.24) is 10.2 Å². The van der Waals surface area contributed by atoms with Crippen LogP contribution in [0.15, 0.2) is 24.3 Å². The predicted octanol–water partition coefficient (Wildman–Crippen LogP) is 2.37. The lowest BCUT2D eigenvalue weighted by molar-refractivity contribution is -0.132. The summed E-state index contributed by atoms with van der Waals surface area (Å²) in [5, 5.41) is 3.46. The number of amides is 1. The van der Waals surface area contributed by atoms with Crippen LogP contribution in [0.1, 0.15) is 26.2 Å². The van der Waals surface area contributed by atoms with Crippen molar-refractivity contribution in [2.24, 2.45) is 11.8 Å². The van der Waals surface area contributed by atoms with Crippen molar-refractivity contribution in [2.75, 3.05) is 51.3 Å². The van der Waals surface area contributed by atoms with Crippen LogP contribution in [0.3, 0.4) is 0 Å². The average molecular weight is 345 g/mol. The summed E-state index contributed by atoms with van der Waals surface area (Å²) in [6.07, 6.45) is 3.17. The Balaban J connectivity index is 1.50. The van der Waals surface area contributed by atoms with E-state index in [-0.39, 0.29) is 0 Å². The highest BCUT2D eigenvalue weighted by Crippen LogP contribution is 2.29. The highest BCUT2D eigenvalue weighted by atomic mass is 16.5. The monoisotopic (exact) mass is 345 g/mol. The Labute approximate surface area is 151 Å². The SMILES string of the molecule is COc1ccccc1N1CCN(C(=O)CC(C)C2CCCNC2)CC1.